The molecule has 0 fully saturated rings. The summed E-state index contributed by atoms with van der Waals surface area (Å²) >= 11 is 0. The smallest absolute Gasteiger partial charge is 0.335 e. The lowest BCUT2D eigenvalue weighted by atomic mass is 9.63. The minimum atomic E-state index is -1.03. The number of aromatic carboxylic acids is 1. The molecule has 130 valence electrons. The summed E-state index contributed by atoms with van der Waals surface area (Å²) in [6.07, 6.45) is 2.21. The Balaban J connectivity index is 2.06. The van der Waals surface area contributed by atoms with Gasteiger partial charge in [0.25, 0.3) is 0 Å². The fourth-order valence-corrected chi connectivity index (χ4v) is 3.69. The number of rotatable bonds is 3. The Bertz CT molecular complexity index is 859. The maximum Gasteiger partial charge on any atom is 0.335 e. The van der Waals surface area contributed by atoms with Gasteiger partial charge in [0.2, 0.25) is 0 Å². The predicted octanol–water partition coefficient (Wildman–Crippen LogP) is 4.96. The number of ketones is 1. The Morgan fingerprint density at radius 3 is 2.00 bits per heavy atom. The van der Waals surface area contributed by atoms with E-state index in [1.165, 1.54) is 23.3 Å². The molecule has 0 saturated carbocycles. The van der Waals surface area contributed by atoms with Crippen molar-refractivity contribution in [2.24, 2.45) is 0 Å². The summed E-state index contributed by atoms with van der Waals surface area (Å²) in [6, 6.07) is 12.2. The average molecular weight is 336 g/mol. The summed E-state index contributed by atoms with van der Waals surface area (Å²) in [5.41, 5.74) is 3.83. The van der Waals surface area contributed by atoms with Crippen molar-refractivity contribution in [2.75, 3.05) is 0 Å². The molecule has 0 amide bonds. The Kier molecular flexibility index (Phi) is 4.06. The van der Waals surface area contributed by atoms with Crippen LogP contribution in [-0.4, -0.2) is 16.9 Å². The zero-order chi connectivity index (χ0) is 18.4. The van der Waals surface area contributed by atoms with Crippen molar-refractivity contribution < 1.29 is 14.7 Å². The first kappa shape index (κ1) is 17.4. The summed E-state index contributed by atoms with van der Waals surface area (Å²) in [4.78, 5) is 24.0. The highest BCUT2D eigenvalue weighted by Gasteiger charge is 2.37. The number of fused-ring (bicyclic) bond motifs is 1. The van der Waals surface area contributed by atoms with E-state index in [2.05, 4.69) is 33.8 Å². The monoisotopic (exact) mass is 336 g/mol. The lowest BCUT2D eigenvalue weighted by Gasteiger charge is -2.42. The van der Waals surface area contributed by atoms with Gasteiger partial charge >= 0.3 is 5.97 Å². The first-order valence-corrected chi connectivity index (χ1v) is 8.65. The van der Waals surface area contributed by atoms with Gasteiger partial charge in [0.15, 0.2) is 5.78 Å². The molecule has 1 aliphatic rings. The van der Waals surface area contributed by atoms with Crippen LogP contribution < -0.4 is 0 Å². The number of benzene rings is 2. The molecule has 1 aliphatic carbocycles. The first-order chi connectivity index (χ1) is 11.6. The van der Waals surface area contributed by atoms with Crippen LogP contribution in [-0.2, 0) is 10.8 Å². The van der Waals surface area contributed by atoms with Gasteiger partial charge in [0, 0.05) is 11.1 Å². The molecule has 1 N–H and O–H groups in total. The molecular weight excluding hydrogens is 312 g/mol. The fourth-order valence-electron chi connectivity index (χ4n) is 3.69. The number of hydrogen-bond donors (Lipinski definition) is 1. The highest BCUT2D eigenvalue weighted by atomic mass is 16.4. The molecule has 0 spiro atoms. The zero-order valence-electron chi connectivity index (χ0n) is 15.2. The van der Waals surface area contributed by atoms with E-state index < -0.39 is 5.97 Å². The summed E-state index contributed by atoms with van der Waals surface area (Å²) < 4.78 is 0. The van der Waals surface area contributed by atoms with Crippen LogP contribution in [0.3, 0.4) is 0 Å². The van der Waals surface area contributed by atoms with E-state index in [9.17, 15) is 9.59 Å². The Morgan fingerprint density at radius 1 is 0.800 bits per heavy atom. The van der Waals surface area contributed by atoms with Gasteiger partial charge in [-0.25, -0.2) is 4.79 Å². The van der Waals surface area contributed by atoms with Crippen molar-refractivity contribution >= 4 is 11.8 Å². The second-order valence-corrected chi connectivity index (χ2v) is 8.24. The van der Waals surface area contributed by atoms with Crippen molar-refractivity contribution in [1.82, 2.24) is 0 Å². The van der Waals surface area contributed by atoms with Crippen LogP contribution in [0.1, 0.15) is 77.9 Å². The quantitative estimate of drug-likeness (QED) is 0.806. The molecule has 3 rings (SSSR count). The van der Waals surface area contributed by atoms with Gasteiger partial charge in [-0.15, -0.1) is 0 Å². The molecule has 0 heterocycles. The SMILES string of the molecule is CC1(C)CCC(C)(C)c2cc(C(=O)c3cccc(C(=O)O)c3)ccc21. The van der Waals surface area contributed by atoms with Gasteiger partial charge in [-0.3, -0.25) is 4.79 Å². The summed E-state index contributed by atoms with van der Waals surface area (Å²) in [5.74, 6) is -1.16. The van der Waals surface area contributed by atoms with E-state index in [-0.39, 0.29) is 22.2 Å². The van der Waals surface area contributed by atoms with Gasteiger partial charge in [-0.05, 0) is 53.0 Å². The number of carboxylic acids is 1. The standard InChI is InChI=1S/C22H24O3/c1-21(2)10-11-22(3,4)18-13-15(8-9-17(18)21)19(23)14-6-5-7-16(12-14)20(24)25/h5-9,12-13H,10-11H2,1-4H3,(H,24,25). The molecule has 0 bridgehead atoms. The molecule has 2 aromatic rings. The second kappa shape index (κ2) is 5.83. The van der Waals surface area contributed by atoms with E-state index in [1.807, 2.05) is 12.1 Å². The number of hydrogen-bond acceptors (Lipinski definition) is 2. The lowest BCUT2D eigenvalue weighted by molar-refractivity contribution is 0.0697. The third-order valence-electron chi connectivity index (χ3n) is 5.49. The highest BCUT2D eigenvalue weighted by Crippen LogP contribution is 2.46. The maximum absolute atomic E-state index is 12.9. The van der Waals surface area contributed by atoms with Gasteiger partial charge in [0.05, 0.1) is 5.56 Å². The van der Waals surface area contributed by atoms with Gasteiger partial charge < -0.3 is 5.11 Å². The topological polar surface area (TPSA) is 54.4 Å². The molecular formula is C22H24O3. The third-order valence-corrected chi connectivity index (χ3v) is 5.49. The van der Waals surface area contributed by atoms with E-state index >= 15 is 0 Å². The largest absolute Gasteiger partial charge is 0.478 e. The minimum Gasteiger partial charge on any atom is -0.478 e. The van der Waals surface area contributed by atoms with E-state index in [0.717, 1.165) is 12.8 Å². The summed E-state index contributed by atoms with van der Waals surface area (Å²) in [7, 11) is 0. The molecule has 0 aromatic heterocycles. The molecule has 0 saturated heterocycles. The number of carboxylic acid groups (broad SMARTS) is 1. The van der Waals surface area contributed by atoms with Crippen molar-refractivity contribution in [2.45, 2.75) is 51.4 Å². The number of carbonyl (C=O) groups is 2. The average Bonchev–Trinajstić information content (AvgIpc) is 2.58. The Morgan fingerprint density at radius 2 is 1.36 bits per heavy atom. The zero-order valence-corrected chi connectivity index (χ0v) is 15.2. The fraction of sp³-hybridized carbons (Fsp3) is 0.364. The third kappa shape index (κ3) is 3.11. The van der Waals surface area contributed by atoms with Crippen molar-refractivity contribution in [1.29, 1.82) is 0 Å². The second-order valence-electron chi connectivity index (χ2n) is 8.24. The summed E-state index contributed by atoms with van der Waals surface area (Å²) in [5, 5.41) is 9.13. The molecule has 0 atom stereocenters. The van der Waals surface area contributed by atoms with Gasteiger partial charge in [-0.2, -0.15) is 0 Å². The van der Waals surface area contributed by atoms with Crippen LogP contribution in [0.15, 0.2) is 42.5 Å². The molecule has 0 radical (unpaired) electrons. The van der Waals surface area contributed by atoms with Crippen LogP contribution in [0, 0.1) is 0 Å². The molecule has 3 heteroatoms. The molecule has 0 aliphatic heterocycles. The number of carbonyl (C=O) groups excluding carboxylic acids is 1. The normalized spacial score (nSPS) is 17.6. The van der Waals surface area contributed by atoms with E-state index in [1.54, 1.807) is 12.1 Å². The molecule has 2 aromatic carbocycles. The van der Waals surface area contributed by atoms with Crippen LogP contribution in [0.25, 0.3) is 0 Å². The van der Waals surface area contributed by atoms with Crippen LogP contribution in [0.5, 0.6) is 0 Å². The van der Waals surface area contributed by atoms with Crippen molar-refractivity contribution in [3.63, 3.8) is 0 Å². The van der Waals surface area contributed by atoms with E-state index in [4.69, 9.17) is 5.11 Å². The van der Waals surface area contributed by atoms with Crippen LogP contribution >= 0.6 is 0 Å². The Labute approximate surface area is 148 Å². The molecule has 3 nitrogen and oxygen atoms in total. The van der Waals surface area contributed by atoms with Crippen molar-refractivity contribution in [3.05, 3.63) is 70.3 Å². The minimum absolute atomic E-state index is 0.0318. The maximum atomic E-state index is 12.9. The van der Waals surface area contributed by atoms with Gasteiger partial charge in [0.1, 0.15) is 0 Å². The first-order valence-electron chi connectivity index (χ1n) is 8.65. The highest BCUT2D eigenvalue weighted by molar-refractivity contribution is 6.10. The molecule has 0 unspecified atom stereocenters. The predicted molar refractivity (Wildman–Crippen MR) is 98.6 cm³/mol. The lowest BCUT2D eigenvalue weighted by Crippen LogP contribution is -2.34. The van der Waals surface area contributed by atoms with Gasteiger partial charge in [-0.1, -0.05) is 52.0 Å². The summed E-state index contributed by atoms with van der Waals surface area (Å²) in [6.45, 7) is 8.94. The Hall–Kier alpha value is -2.42. The van der Waals surface area contributed by atoms with Crippen LogP contribution in [0.4, 0.5) is 0 Å². The van der Waals surface area contributed by atoms with Crippen molar-refractivity contribution in [3.8, 4) is 0 Å². The molecule has 25 heavy (non-hydrogen) atoms. The van der Waals surface area contributed by atoms with E-state index in [0.29, 0.717) is 11.1 Å². The van der Waals surface area contributed by atoms with Crippen LogP contribution in [0.2, 0.25) is 0 Å².